The molecule has 112 valence electrons. The number of hydrogen-bond acceptors (Lipinski definition) is 1. The molecule has 0 aliphatic heterocycles. The van der Waals surface area contributed by atoms with Gasteiger partial charge in [0.2, 0.25) is 0 Å². The van der Waals surface area contributed by atoms with E-state index < -0.39 is 0 Å². The average Bonchev–Trinajstić information content (AvgIpc) is 2.39. The highest BCUT2D eigenvalue weighted by Crippen LogP contribution is 2.34. The molecule has 2 N–H and O–H groups in total. The SMILES string of the molecule is CCN(CC)C(N)=Nc1c(C(C)C)cccc1C(C)C. The Bertz CT molecular complexity index is 431. The lowest BCUT2D eigenvalue weighted by Crippen LogP contribution is -2.36. The third-order valence-corrected chi connectivity index (χ3v) is 3.66. The number of nitrogens with zero attached hydrogens (tertiary/aromatic N) is 2. The van der Waals surface area contributed by atoms with Crippen LogP contribution in [0.5, 0.6) is 0 Å². The van der Waals surface area contributed by atoms with Crippen molar-refractivity contribution >= 4 is 11.6 Å². The molecule has 20 heavy (non-hydrogen) atoms. The first-order valence-corrected chi connectivity index (χ1v) is 7.64. The van der Waals surface area contributed by atoms with Crippen LogP contribution in [0.25, 0.3) is 0 Å². The molecule has 0 unspecified atom stereocenters. The van der Waals surface area contributed by atoms with E-state index in [-0.39, 0.29) is 0 Å². The van der Waals surface area contributed by atoms with Crippen LogP contribution in [0.2, 0.25) is 0 Å². The lowest BCUT2D eigenvalue weighted by atomic mass is 9.93. The van der Waals surface area contributed by atoms with Crippen molar-refractivity contribution in [1.82, 2.24) is 4.90 Å². The number of hydrogen-bond donors (Lipinski definition) is 1. The number of guanidine groups is 1. The molecule has 0 aliphatic rings. The molecular formula is C17H29N3. The molecule has 0 amide bonds. The van der Waals surface area contributed by atoms with Crippen molar-refractivity contribution < 1.29 is 0 Å². The van der Waals surface area contributed by atoms with Gasteiger partial charge < -0.3 is 10.6 Å². The summed E-state index contributed by atoms with van der Waals surface area (Å²) < 4.78 is 0. The summed E-state index contributed by atoms with van der Waals surface area (Å²) in [6.07, 6.45) is 0. The summed E-state index contributed by atoms with van der Waals surface area (Å²) in [4.78, 5) is 6.85. The van der Waals surface area contributed by atoms with Gasteiger partial charge in [-0.15, -0.1) is 0 Å². The lowest BCUT2D eigenvalue weighted by molar-refractivity contribution is 0.460. The second-order valence-corrected chi connectivity index (χ2v) is 5.74. The van der Waals surface area contributed by atoms with Gasteiger partial charge >= 0.3 is 0 Å². The highest BCUT2D eigenvalue weighted by molar-refractivity contribution is 5.82. The monoisotopic (exact) mass is 275 g/mol. The van der Waals surface area contributed by atoms with Gasteiger partial charge in [0.1, 0.15) is 0 Å². The minimum Gasteiger partial charge on any atom is -0.369 e. The summed E-state index contributed by atoms with van der Waals surface area (Å²) in [6.45, 7) is 14.8. The molecule has 0 saturated carbocycles. The smallest absolute Gasteiger partial charge is 0.196 e. The Labute approximate surface area is 123 Å². The molecule has 0 spiro atoms. The summed E-state index contributed by atoms with van der Waals surface area (Å²) in [5.74, 6) is 1.50. The second-order valence-electron chi connectivity index (χ2n) is 5.74. The van der Waals surface area contributed by atoms with Gasteiger partial charge in [0.25, 0.3) is 0 Å². The molecule has 0 saturated heterocycles. The molecule has 3 nitrogen and oxygen atoms in total. The number of nitrogens with two attached hydrogens (primary N) is 1. The number of para-hydroxylation sites is 1. The molecule has 0 aromatic heterocycles. The standard InChI is InChI=1S/C17H29N3/c1-7-20(8-2)17(18)19-16-14(12(3)4)10-9-11-15(16)13(5)6/h9-13H,7-8H2,1-6H3,(H2,18,19). The predicted octanol–water partition coefficient (Wildman–Crippen LogP) is 4.22. The van der Waals surface area contributed by atoms with E-state index in [9.17, 15) is 0 Å². The van der Waals surface area contributed by atoms with Crippen LogP contribution in [-0.2, 0) is 0 Å². The van der Waals surface area contributed by atoms with Crippen molar-refractivity contribution in [1.29, 1.82) is 0 Å². The maximum Gasteiger partial charge on any atom is 0.196 e. The average molecular weight is 275 g/mol. The Morgan fingerprint density at radius 3 is 1.85 bits per heavy atom. The van der Waals surface area contributed by atoms with Crippen LogP contribution in [0.15, 0.2) is 23.2 Å². The van der Waals surface area contributed by atoms with E-state index in [1.807, 2.05) is 0 Å². The van der Waals surface area contributed by atoms with E-state index in [0.29, 0.717) is 17.8 Å². The van der Waals surface area contributed by atoms with Crippen LogP contribution >= 0.6 is 0 Å². The molecule has 0 atom stereocenters. The zero-order chi connectivity index (χ0) is 15.3. The van der Waals surface area contributed by atoms with Gasteiger partial charge in [-0.2, -0.15) is 0 Å². The van der Waals surface area contributed by atoms with Crippen molar-refractivity contribution in [3.05, 3.63) is 29.3 Å². The quantitative estimate of drug-likeness (QED) is 0.645. The van der Waals surface area contributed by atoms with Gasteiger partial charge in [0.05, 0.1) is 5.69 Å². The van der Waals surface area contributed by atoms with E-state index in [2.05, 4.69) is 64.6 Å². The number of rotatable bonds is 5. The highest BCUT2D eigenvalue weighted by atomic mass is 15.2. The summed E-state index contributed by atoms with van der Waals surface area (Å²) >= 11 is 0. The third kappa shape index (κ3) is 3.75. The Hall–Kier alpha value is -1.51. The fourth-order valence-corrected chi connectivity index (χ4v) is 2.37. The lowest BCUT2D eigenvalue weighted by Gasteiger charge is -2.22. The van der Waals surface area contributed by atoms with Crippen molar-refractivity contribution in [2.75, 3.05) is 13.1 Å². The summed E-state index contributed by atoms with van der Waals surface area (Å²) in [6, 6.07) is 6.44. The van der Waals surface area contributed by atoms with Crippen LogP contribution < -0.4 is 5.73 Å². The van der Waals surface area contributed by atoms with Crippen LogP contribution in [-0.4, -0.2) is 23.9 Å². The van der Waals surface area contributed by atoms with Gasteiger partial charge in [-0.25, -0.2) is 4.99 Å². The maximum atomic E-state index is 6.19. The van der Waals surface area contributed by atoms with Crippen molar-refractivity contribution in [3.63, 3.8) is 0 Å². The Morgan fingerprint density at radius 1 is 1.05 bits per heavy atom. The zero-order valence-electron chi connectivity index (χ0n) is 13.8. The molecule has 0 heterocycles. The summed E-state index contributed by atoms with van der Waals surface area (Å²) in [5.41, 5.74) is 9.78. The molecule has 0 fully saturated rings. The molecule has 3 heteroatoms. The Balaban J connectivity index is 3.36. The van der Waals surface area contributed by atoms with E-state index >= 15 is 0 Å². The van der Waals surface area contributed by atoms with Gasteiger partial charge in [-0.05, 0) is 36.8 Å². The summed E-state index contributed by atoms with van der Waals surface area (Å²) in [7, 11) is 0. The van der Waals surface area contributed by atoms with Gasteiger partial charge in [-0.3, -0.25) is 0 Å². The topological polar surface area (TPSA) is 41.6 Å². The normalized spacial score (nSPS) is 12.3. The van der Waals surface area contributed by atoms with E-state index in [0.717, 1.165) is 18.8 Å². The van der Waals surface area contributed by atoms with Crippen LogP contribution in [0.4, 0.5) is 5.69 Å². The third-order valence-electron chi connectivity index (χ3n) is 3.66. The van der Waals surface area contributed by atoms with Crippen LogP contribution in [0, 0.1) is 0 Å². The predicted molar refractivity (Wildman–Crippen MR) is 88.8 cm³/mol. The fraction of sp³-hybridized carbons (Fsp3) is 0.588. The van der Waals surface area contributed by atoms with Crippen LogP contribution in [0.3, 0.4) is 0 Å². The van der Waals surface area contributed by atoms with Crippen LogP contribution in [0.1, 0.15) is 64.5 Å². The Morgan fingerprint density at radius 2 is 1.50 bits per heavy atom. The van der Waals surface area contributed by atoms with Gasteiger partial charge in [-0.1, -0.05) is 45.9 Å². The molecule has 1 rings (SSSR count). The largest absolute Gasteiger partial charge is 0.369 e. The second kappa shape index (κ2) is 7.32. The van der Waals surface area contributed by atoms with E-state index in [4.69, 9.17) is 10.7 Å². The molecule has 1 aromatic carbocycles. The highest BCUT2D eigenvalue weighted by Gasteiger charge is 2.14. The molecular weight excluding hydrogens is 246 g/mol. The number of benzene rings is 1. The van der Waals surface area contributed by atoms with Gasteiger partial charge in [0, 0.05) is 13.1 Å². The minimum absolute atomic E-state index is 0.442. The van der Waals surface area contributed by atoms with Crippen molar-refractivity contribution in [2.45, 2.75) is 53.4 Å². The Kier molecular flexibility index (Phi) is 6.05. The molecule has 0 radical (unpaired) electrons. The minimum atomic E-state index is 0.442. The first-order valence-electron chi connectivity index (χ1n) is 7.64. The first kappa shape index (κ1) is 16.5. The molecule has 1 aromatic rings. The van der Waals surface area contributed by atoms with E-state index in [1.165, 1.54) is 11.1 Å². The first-order chi connectivity index (χ1) is 9.42. The zero-order valence-corrected chi connectivity index (χ0v) is 13.8. The fourth-order valence-electron chi connectivity index (χ4n) is 2.37. The van der Waals surface area contributed by atoms with E-state index in [1.54, 1.807) is 0 Å². The molecule has 0 aliphatic carbocycles. The van der Waals surface area contributed by atoms with Gasteiger partial charge in [0.15, 0.2) is 5.96 Å². The molecule has 0 bridgehead atoms. The maximum absolute atomic E-state index is 6.19. The van der Waals surface area contributed by atoms with Crippen molar-refractivity contribution in [2.24, 2.45) is 10.7 Å². The number of aliphatic imine (C=N–C) groups is 1. The van der Waals surface area contributed by atoms with Crippen molar-refractivity contribution in [3.8, 4) is 0 Å². The summed E-state index contributed by atoms with van der Waals surface area (Å²) in [5, 5.41) is 0.